The van der Waals surface area contributed by atoms with Gasteiger partial charge in [-0.25, -0.2) is 0 Å². The molecule has 1 spiro atoms. The van der Waals surface area contributed by atoms with Crippen molar-refractivity contribution in [1.29, 1.82) is 0 Å². The van der Waals surface area contributed by atoms with Gasteiger partial charge in [0.1, 0.15) is 11.2 Å². The minimum absolute atomic E-state index is 0.776. The summed E-state index contributed by atoms with van der Waals surface area (Å²) in [4.78, 5) is 4.92. The predicted octanol–water partition coefficient (Wildman–Crippen LogP) is 23.0. The third-order valence-corrected chi connectivity index (χ3v) is 18.9. The van der Waals surface area contributed by atoms with Crippen molar-refractivity contribution < 1.29 is 8.83 Å². The van der Waals surface area contributed by atoms with Crippen LogP contribution < -0.4 is 9.80 Å². The van der Waals surface area contributed by atoms with Gasteiger partial charge in [-0.1, -0.05) is 243 Å². The number of fused-ring (bicyclic) bond motifs is 20. The highest BCUT2D eigenvalue weighted by Crippen LogP contribution is 2.67. The maximum absolute atomic E-state index is 7.37. The molecule has 4 nitrogen and oxygen atoms in total. The molecule has 2 heterocycles. The molecular formula is C83H54N2O2. The zero-order valence-electron chi connectivity index (χ0n) is 47.9. The molecule has 2 aliphatic carbocycles. The lowest BCUT2D eigenvalue weighted by Crippen LogP contribution is -2.26. The van der Waals surface area contributed by atoms with Crippen LogP contribution >= 0.6 is 0 Å². The van der Waals surface area contributed by atoms with Crippen molar-refractivity contribution >= 4 is 99.5 Å². The normalized spacial score (nSPS) is 12.8. The molecule has 0 amide bonds. The van der Waals surface area contributed by atoms with Crippen molar-refractivity contribution in [2.45, 2.75) is 19.3 Å². The molecule has 2 aliphatic rings. The van der Waals surface area contributed by atoms with E-state index in [1.807, 2.05) is 0 Å². The smallest absolute Gasteiger partial charge is 0.159 e. The third-order valence-electron chi connectivity index (χ3n) is 18.9. The van der Waals surface area contributed by atoms with Crippen LogP contribution in [0, 0.1) is 13.8 Å². The highest BCUT2D eigenvalue weighted by Gasteiger charge is 2.53. The second kappa shape index (κ2) is 18.9. The highest BCUT2D eigenvalue weighted by atomic mass is 16.3. The molecule has 0 fully saturated rings. The van der Waals surface area contributed by atoms with Gasteiger partial charge in [-0.3, -0.25) is 0 Å². The quantitative estimate of drug-likeness (QED) is 0.152. The Balaban J connectivity index is 0.949. The zero-order valence-corrected chi connectivity index (χ0v) is 47.9. The fourth-order valence-electron chi connectivity index (χ4n) is 15.3. The number of para-hydroxylation sites is 6. The summed E-state index contributed by atoms with van der Waals surface area (Å²) in [6.07, 6.45) is 0. The molecule has 87 heavy (non-hydrogen) atoms. The Morgan fingerprint density at radius 1 is 0.241 bits per heavy atom. The van der Waals surface area contributed by atoms with E-state index < -0.39 is 5.41 Å². The average Bonchev–Trinajstić information content (AvgIpc) is 1.51. The Bertz CT molecular complexity index is 5170. The van der Waals surface area contributed by atoms with Crippen LogP contribution in [0.4, 0.5) is 34.1 Å². The van der Waals surface area contributed by atoms with Crippen LogP contribution in [0.1, 0.15) is 33.4 Å². The third kappa shape index (κ3) is 6.95. The molecule has 0 N–H and O–H groups in total. The summed E-state index contributed by atoms with van der Waals surface area (Å²) >= 11 is 0. The van der Waals surface area contributed by atoms with Crippen LogP contribution in [0.5, 0.6) is 0 Å². The van der Waals surface area contributed by atoms with Crippen LogP contribution in [-0.2, 0) is 5.41 Å². The molecule has 0 atom stereocenters. The molecule has 0 radical (unpaired) electrons. The largest absolute Gasteiger partial charge is 0.453 e. The Morgan fingerprint density at radius 2 is 0.563 bits per heavy atom. The summed E-state index contributed by atoms with van der Waals surface area (Å²) in [5.41, 5.74) is 25.6. The Kier molecular flexibility index (Phi) is 10.7. The zero-order chi connectivity index (χ0) is 57.5. The molecule has 18 rings (SSSR count). The highest BCUT2D eigenvalue weighted by molar-refractivity contribution is 6.22. The summed E-state index contributed by atoms with van der Waals surface area (Å²) in [6, 6.07) is 107. The number of anilines is 6. The summed E-state index contributed by atoms with van der Waals surface area (Å²) in [6.45, 7) is 4.36. The molecule has 0 saturated heterocycles. The van der Waals surface area contributed by atoms with Crippen LogP contribution in [0.3, 0.4) is 0 Å². The topological polar surface area (TPSA) is 32.8 Å². The minimum Gasteiger partial charge on any atom is -0.453 e. The second-order valence-electron chi connectivity index (χ2n) is 23.4. The van der Waals surface area contributed by atoms with Gasteiger partial charge < -0.3 is 18.6 Å². The van der Waals surface area contributed by atoms with Gasteiger partial charge in [0.25, 0.3) is 0 Å². The lowest BCUT2D eigenvalue weighted by atomic mass is 9.70. The average molecular weight is 1110 g/mol. The minimum atomic E-state index is -0.776. The number of hydrogen-bond acceptors (Lipinski definition) is 4. The molecule has 0 aliphatic heterocycles. The molecule has 0 bridgehead atoms. The van der Waals surface area contributed by atoms with Gasteiger partial charge in [-0.15, -0.1) is 0 Å². The van der Waals surface area contributed by atoms with Crippen molar-refractivity contribution in [3.63, 3.8) is 0 Å². The number of hydrogen-bond donors (Lipinski definition) is 0. The van der Waals surface area contributed by atoms with Gasteiger partial charge in [-0.2, -0.15) is 0 Å². The monoisotopic (exact) mass is 1110 g/mol. The van der Waals surface area contributed by atoms with E-state index >= 15 is 0 Å². The van der Waals surface area contributed by atoms with E-state index in [-0.39, 0.29) is 0 Å². The molecule has 2 aromatic heterocycles. The fraction of sp³-hybridized carbons (Fsp3) is 0.0361. The number of rotatable bonds is 8. The maximum atomic E-state index is 7.37. The van der Waals surface area contributed by atoms with Gasteiger partial charge in [-0.05, 0) is 140 Å². The number of aryl methyl sites for hydroxylation is 2. The van der Waals surface area contributed by atoms with Gasteiger partial charge >= 0.3 is 0 Å². The van der Waals surface area contributed by atoms with Gasteiger partial charge in [0, 0.05) is 54.8 Å². The van der Waals surface area contributed by atoms with Gasteiger partial charge in [0.2, 0.25) is 0 Å². The number of furan rings is 2. The first-order valence-corrected chi connectivity index (χ1v) is 30.1. The van der Waals surface area contributed by atoms with Crippen LogP contribution in [0.25, 0.3) is 110 Å². The predicted molar refractivity (Wildman–Crippen MR) is 362 cm³/mol. The summed E-state index contributed by atoms with van der Waals surface area (Å²) in [5, 5.41) is 8.94. The van der Waals surface area contributed by atoms with Gasteiger partial charge in [0.05, 0.1) is 28.2 Å². The van der Waals surface area contributed by atoms with E-state index in [0.29, 0.717) is 0 Å². The SMILES string of the molecule is Cc1ccccc1-c1cccc2c1oc1c(N(c3ccccc3)c3cc4c(c5ccccc35)-c3c(cc(N(c5ccccc5)c5cccc6c5oc5c(-c7ccccc7C)cccc56)c5ccccc35)C43c4ccccc4-c4ccccc43)cccc12. The van der Waals surface area contributed by atoms with Gasteiger partial charge in [0.15, 0.2) is 11.2 Å². The Labute approximate surface area is 503 Å². The first kappa shape index (κ1) is 49.2. The fourth-order valence-corrected chi connectivity index (χ4v) is 15.3. The molecule has 16 aromatic rings. The lowest BCUT2D eigenvalue weighted by molar-refractivity contribution is 0.670. The van der Waals surface area contributed by atoms with E-state index in [9.17, 15) is 0 Å². The summed E-state index contributed by atoms with van der Waals surface area (Å²) in [5.74, 6) is 0. The number of nitrogens with zero attached hydrogens (tertiary/aromatic N) is 2. The first-order chi connectivity index (χ1) is 43.0. The van der Waals surface area contributed by atoms with Crippen LogP contribution in [-0.4, -0.2) is 0 Å². The van der Waals surface area contributed by atoms with Crippen LogP contribution in [0.2, 0.25) is 0 Å². The molecule has 0 saturated carbocycles. The van der Waals surface area contributed by atoms with Crippen molar-refractivity contribution in [2.24, 2.45) is 0 Å². The Morgan fingerprint density at radius 3 is 0.989 bits per heavy atom. The molecule has 408 valence electrons. The van der Waals surface area contributed by atoms with Crippen LogP contribution in [0.15, 0.2) is 300 Å². The van der Waals surface area contributed by atoms with E-state index in [2.05, 4.69) is 315 Å². The standard InChI is InChI=1S/C83H54N2O2/c1-51-25-9-11-31-55(51)63-39-21-41-65-67-43-23-47-73(81(67)86-79(63)65)84(53-27-5-3-6-28-53)75-49-71-77(61-37-15-13-35-59(61)75)78-62-38-16-14-36-60(62)76(50-72(78)83(71)69-45-19-17-33-57(69)58-34-18-20-46-70(58)83)85(54-29-7-4-8-30-54)74-48-24-44-68-66-42-22-40-64(80(66)87-82(68)74)56-32-12-10-26-52(56)2/h3-50H,1-2H3. The maximum Gasteiger partial charge on any atom is 0.159 e. The molecule has 14 aromatic carbocycles. The Hall–Kier alpha value is -11.2. The van der Waals surface area contributed by atoms with Crippen molar-refractivity contribution in [1.82, 2.24) is 0 Å². The summed E-state index contributed by atoms with van der Waals surface area (Å²) in [7, 11) is 0. The summed E-state index contributed by atoms with van der Waals surface area (Å²) < 4.78 is 14.7. The molecule has 4 heteroatoms. The molecular weight excluding hydrogens is 1060 g/mol. The second-order valence-corrected chi connectivity index (χ2v) is 23.4. The lowest BCUT2D eigenvalue weighted by Gasteiger charge is -2.34. The number of benzene rings is 14. The van der Waals surface area contributed by atoms with Crippen molar-refractivity contribution in [3.05, 3.63) is 325 Å². The van der Waals surface area contributed by atoms with E-state index in [1.54, 1.807) is 0 Å². The van der Waals surface area contributed by atoms with Crippen molar-refractivity contribution in [2.75, 3.05) is 9.80 Å². The van der Waals surface area contributed by atoms with E-state index in [4.69, 9.17) is 8.83 Å². The van der Waals surface area contributed by atoms with E-state index in [0.717, 1.165) is 111 Å². The van der Waals surface area contributed by atoms with E-state index in [1.165, 1.54) is 66.4 Å². The first-order valence-electron chi connectivity index (χ1n) is 30.1. The molecule has 0 unspecified atom stereocenters. The van der Waals surface area contributed by atoms with Crippen molar-refractivity contribution in [3.8, 4) is 44.5 Å².